The van der Waals surface area contributed by atoms with Gasteiger partial charge in [-0.05, 0) is 32.0 Å². The van der Waals surface area contributed by atoms with Crippen LogP contribution in [-0.4, -0.2) is 42.0 Å². The summed E-state index contributed by atoms with van der Waals surface area (Å²) in [4.78, 5) is 8.36. The highest BCUT2D eigenvalue weighted by molar-refractivity contribution is 5.37. The number of nitrogens with zero attached hydrogens (tertiary/aromatic N) is 1. The van der Waals surface area contributed by atoms with Gasteiger partial charge in [0.15, 0.2) is 0 Å². The maximum absolute atomic E-state index is 10.1. The molecule has 2 N–H and O–H groups in total. The van der Waals surface area contributed by atoms with Gasteiger partial charge in [-0.1, -0.05) is 18.2 Å². The predicted octanol–water partition coefficient (Wildman–Crippen LogP) is 1.41. The second-order valence-electron chi connectivity index (χ2n) is 5.94. The second-order valence-corrected chi connectivity index (χ2v) is 5.94. The molecule has 0 radical (unpaired) electrons. The summed E-state index contributed by atoms with van der Waals surface area (Å²) in [5.41, 5.74) is 4.00. The third-order valence-corrected chi connectivity index (χ3v) is 5.16. The van der Waals surface area contributed by atoms with Crippen LogP contribution in [0.2, 0.25) is 0 Å². The van der Waals surface area contributed by atoms with E-state index in [2.05, 4.69) is 10.4 Å². The van der Waals surface area contributed by atoms with Crippen molar-refractivity contribution in [1.82, 2.24) is 10.4 Å². The van der Waals surface area contributed by atoms with Crippen LogP contribution in [0.5, 0.6) is 5.75 Å². The molecule has 2 bridgehead atoms. The van der Waals surface area contributed by atoms with E-state index in [0.29, 0.717) is 11.7 Å². The number of hydrogen-bond acceptors (Lipinski definition) is 5. The zero-order valence-electron chi connectivity index (χ0n) is 11.6. The fourth-order valence-corrected chi connectivity index (χ4v) is 4.20. The van der Waals surface area contributed by atoms with Gasteiger partial charge in [-0.3, -0.25) is 9.74 Å². The molecule has 1 aromatic carbocycles. The van der Waals surface area contributed by atoms with Gasteiger partial charge in [0.05, 0.1) is 12.1 Å². The Morgan fingerprint density at radius 2 is 2.10 bits per heavy atom. The molecular weight excluding hydrogens is 256 g/mol. The van der Waals surface area contributed by atoms with E-state index in [1.165, 1.54) is 0 Å². The molecule has 3 atom stereocenters. The molecular formula is C15H20N2O3. The van der Waals surface area contributed by atoms with Crippen molar-refractivity contribution < 1.29 is 14.7 Å². The minimum absolute atomic E-state index is 0.0563. The van der Waals surface area contributed by atoms with Crippen LogP contribution in [0.1, 0.15) is 24.4 Å². The summed E-state index contributed by atoms with van der Waals surface area (Å²) < 4.78 is 5.82. The molecule has 4 heterocycles. The summed E-state index contributed by atoms with van der Waals surface area (Å²) in [6, 6.07) is 7.52. The number of piperidine rings is 3. The van der Waals surface area contributed by atoms with E-state index < -0.39 is 5.79 Å². The highest BCUT2D eigenvalue weighted by Crippen LogP contribution is 2.51. The van der Waals surface area contributed by atoms with Gasteiger partial charge in [-0.2, -0.15) is 5.48 Å². The van der Waals surface area contributed by atoms with Gasteiger partial charge < -0.3 is 9.84 Å². The fourth-order valence-electron chi connectivity index (χ4n) is 4.20. The van der Waals surface area contributed by atoms with Crippen molar-refractivity contribution in [3.63, 3.8) is 0 Å². The third kappa shape index (κ3) is 1.52. The number of rotatable bonds is 2. The van der Waals surface area contributed by atoms with Crippen molar-refractivity contribution in [3.05, 3.63) is 29.8 Å². The zero-order chi connectivity index (χ0) is 13.7. The first-order chi connectivity index (χ1) is 9.76. The minimum Gasteiger partial charge on any atom is -0.508 e. The lowest BCUT2D eigenvalue weighted by Crippen LogP contribution is -2.65. The summed E-state index contributed by atoms with van der Waals surface area (Å²) >= 11 is 0. The van der Waals surface area contributed by atoms with E-state index in [4.69, 9.17) is 9.57 Å². The van der Waals surface area contributed by atoms with Crippen molar-refractivity contribution in [3.8, 4) is 5.75 Å². The number of ether oxygens (including phenoxy) is 1. The first-order valence-electron chi connectivity index (χ1n) is 7.27. The van der Waals surface area contributed by atoms with Crippen LogP contribution in [0, 0.1) is 5.92 Å². The van der Waals surface area contributed by atoms with Gasteiger partial charge in [0.25, 0.3) is 0 Å². The molecule has 5 heteroatoms. The number of hydroxylamine groups is 1. The topological polar surface area (TPSA) is 54.0 Å². The summed E-state index contributed by atoms with van der Waals surface area (Å²) in [6.07, 6.45) is 2.22. The van der Waals surface area contributed by atoms with Crippen molar-refractivity contribution in [2.45, 2.75) is 30.7 Å². The molecule has 0 aliphatic carbocycles. The summed E-state index contributed by atoms with van der Waals surface area (Å²) in [5.74, 6) is 0.151. The molecule has 4 fully saturated rings. The first-order valence-corrected chi connectivity index (χ1v) is 7.27. The van der Waals surface area contributed by atoms with Crippen LogP contribution in [0.15, 0.2) is 24.3 Å². The maximum Gasteiger partial charge on any atom is 0.207 e. The normalized spacial score (nSPS) is 42.6. The number of benzene rings is 1. The minimum atomic E-state index is -0.580. The monoisotopic (exact) mass is 276 g/mol. The fraction of sp³-hybridized carbons (Fsp3) is 0.600. The molecule has 1 aromatic rings. The molecule has 0 saturated carbocycles. The molecule has 5 rings (SSSR count). The number of para-hydroxylation sites is 1. The Morgan fingerprint density at radius 1 is 1.35 bits per heavy atom. The van der Waals surface area contributed by atoms with Gasteiger partial charge in [0.2, 0.25) is 5.79 Å². The van der Waals surface area contributed by atoms with Crippen LogP contribution in [0.4, 0.5) is 0 Å². The largest absolute Gasteiger partial charge is 0.508 e. The zero-order valence-corrected chi connectivity index (χ0v) is 11.6. The van der Waals surface area contributed by atoms with Gasteiger partial charge >= 0.3 is 0 Å². The van der Waals surface area contributed by atoms with E-state index >= 15 is 0 Å². The number of hydrogen-bond donors (Lipinski definition) is 2. The van der Waals surface area contributed by atoms with Crippen molar-refractivity contribution in [2.75, 3.05) is 20.2 Å². The van der Waals surface area contributed by atoms with Crippen molar-refractivity contribution >= 4 is 0 Å². The van der Waals surface area contributed by atoms with Crippen LogP contribution < -0.4 is 5.48 Å². The molecule has 4 saturated heterocycles. The third-order valence-electron chi connectivity index (χ3n) is 5.16. The van der Waals surface area contributed by atoms with Crippen molar-refractivity contribution in [2.24, 2.45) is 5.92 Å². The molecule has 108 valence electrons. The van der Waals surface area contributed by atoms with Gasteiger partial charge in [-0.15, -0.1) is 0 Å². The lowest BCUT2D eigenvalue weighted by atomic mass is 9.74. The van der Waals surface area contributed by atoms with Crippen LogP contribution in [-0.2, 0) is 9.57 Å². The Kier molecular flexibility index (Phi) is 2.79. The van der Waals surface area contributed by atoms with E-state index in [-0.39, 0.29) is 12.1 Å². The highest BCUT2D eigenvalue weighted by atomic mass is 16.8. The molecule has 5 nitrogen and oxygen atoms in total. The van der Waals surface area contributed by atoms with E-state index in [0.717, 1.165) is 31.5 Å². The predicted molar refractivity (Wildman–Crippen MR) is 72.9 cm³/mol. The van der Waals surface area contributed by atoms with E-state index in [9.17, 15) is 5.11 Å². The summed E-state index contributed by atoms with van der Waals surface area (Å²) in [5, 5.41) is 10.1. The number of fused-ring (bicyclic) bond motifs is 2. The number of phenols is 1. The lowest BCUT2D eigenvalue weighted by Gasteiger charge is -2.53. The number of phenolic OH excluding ortho intramolecular Hbond substituents is 1. The molecule has 0 amide bonds. The van der Waals surface area contributed by atoms with Crippen LogP contribution >= 0.6 is 0 Å². The maximum atomic E-state index is 10.1. The molecule has 20 heavy (non-hydrogen) atoms. The molecule has 4 aliphatic heterocycles. The highest BCUT2D eigenvalue weighted by Gasteiger charge is 2.63. The molecule has 0 spiro atoms. The second kappa shape index (κ2) is 4.43. The Morgan fingerprint density at radius 3 is 2.80 bits per heavy atom. The number of methoxy groups -OCH3 is 1. The summed E-state index contributed by atoms with van der Waals surface area (Å²) in [7, 11) is 1.73. The van der Waals surface area contributed by atoms with Gasteiger partial charge in [-0.25, -0.2) is 0 Å². The van der Waals surface area contributed by atoms with E-state index in [1.54, 1.807) is 13.2 Å². The van der Waals surface area contributed by atoms with Crippen LogP contribution in [0.3, 0.4) is 0 Å². The summed E-state index contributed by atoms with van der Waals surface area (Å²) in [6.45, 7) is 2.16. The number of nitrogens with one attached hydrogen (secondary N) is 1. The molecule has 4 aliphatic rings. The lowest BCUT2D eigenvalue weighted by molar-refractivity contribution is -0.298. The van der Waals surface area contributed by atoms with E-state index in [1.807, 2.05) is 18.2 Å². The quantitative estimate of drug-likeness (QED) is 0.855. The Balaban J connectivity index is 1.76. The van der Waals surface area contributed by atoms with Gasteiger partial charge in [0, 0.05) is 18.6 Å². The average molecular weight is 276 g/mol. The smallest absolute Gasteiger partial charge is 0.207 e. The average Bonchev–Trinajstić information content (AvgIpc) is 2.92. The van der Waals surface area contributed by atoms with Crippen molar-refractivity contribution in [1.29, 1.82) is 0 Å². The SMILES string of the molecule is CO[C@]12ONC(c3ccccc3O)C1N1CCC2CC1. The molecule has 2 unspecified atom stereocenters. The Bertz CT molecular complexity index is 516. The first kappa shape index (κ1) is 12.6. The molecule has 0 aromatic heterocycles. The standard InChI is InChI=1S/C15H20N2O3/c1-19-15-10-6-8-17(9-7-10)14(15)13(16-20-15)11-4-2-3-5-12(11)18/h2-5,10,13-14,16,18H,6-9H2,1H3/t13?,14?,15-/m1/s1. The van der Waals surface area contributed by atoms with Crippen LogP contribution in [0.25, 0.3) is 0 Å². The van der Waals surface area contributed by atoms with Gasteiger partial charge in [0.1, 0.15) is 5.75 Å². The Labute approximate surface area is 118 Å². The Hall–Kier alpha value is -1.14. The number of aromatic hydroxyl groups is 1.